The number of amides is 1. The van der Waals surface area contributed by atoms with Gasteiger partial charge in [-0.25, -0.2) is 4.79 Å². The number of carbonyl (C=O) groups excluding carboxylic acids is 1. The quantitative estimate of drug-likeness (QED) is 0.946. The minimum atomic E-state index is -1.04. The third-order valence-corrected chi connectivity index (χ3v) is 4.43. The van der Waals surface area contributed by atoms with Crippen molar-refractivity contribution in [2.45, 2.75) is 25.8 Å². The molecule has 2 aromatic rings. The molecule has 0 fully saturated rings. The number of hydrogen-bond acceptors (Lipinski definition) is 4. The molecule has 1 aliphatic rings. The lowest BCUT2D eigenvalue weighted by Crippen LogP contribution is -2.35. The first kappa shape index (κ1) is 13.8. The van der Waals surface area contributed by atoms with Crippen molar-refractivity contribution in [3.8, 4) is 0 Å². The average Bonchev–Trinajstić information content (AvgIpc) is 3.01. The van der Waals surface area contributed by atoms with Crippen molar-refractivity contribution in [2.24, 2.45) is 0 Å². The number of rotatable bonds is 3. The Morgan fingerprint density at radius 3 is 2.86 bits per heavy atom. The van der Waals surface area contributed by atoms with E-state index < -0.39 is 11.4 Å². The Balaban J connectivity index is 2.09. The third kappa shape index (κ3) is 2.12. The molecule has 0 atom stereocenters. The minimum Gasteiger partial charge on any atom is -0.478 e. The lowest BCUT2D eigenvalue weighted by atomic mass is 9.90. The van der Waals surface area contributed by atoms with Gasteiger partial charge in [0.05, 0.1) is 28.9 Å². The van der Waals surface area contributed by atoms with Crippen molar-refractivity contribution in [1.29, 1.82) is 0 Å². The molecule has 0 aromatic carbocycles. The van der Waals surface area contributed by atoms with E-state index in [0.717, 1.165) is 5.56 Å². The lowest BCUT2D eigenvalue weighted by molar-refractivity contribution is -0.122. The summed E-state index contributed by atoms with van der Waals surface area (Å²) in [6.45, 7) is 4.06. The van der Waals surface area contributed by atoms with Crippen LogP contribution in [0.1, 0.15) is 35.5 Å². The van der Waals surface area contributed by atoms with E-state index in [0.29, 0.717) is 17.9 Å². The zero-order chi connectivity index (χ0) is 15.2. The number of nitrogens with zero attached hydrogens (tertiary/aromatic N) is 2. The van der Waals surface area contributed by atoms with Gasteiger partial charge >= 0.3 is 5.97 Å². The van der Waals surface area contributed by atoms with Crippen LogP contribution in [0.15, 0.2) is 29.1 Å². The van der Waals surface area contributed by atoms with Crippen LogP contribution in [0.3, 0.4) is 0 Å². The number of carbonyl (C=O) groups is 2. The van der Waals surface area contributed by atoms with Gasteiger partial charge in [0.1, 0.15) is 0 Å². The summed E-state index contributed by atoms with van der Waals surface area (Å²) in [6, 6.07) is 3.49. The van der Waals surface area contributed by atoms with Gasteiger partial charge in [0.2, 0.25) is 5.91 Å². The fourth-order valence-electron chi connectivity index (χ4n) is 2.53. The molecule has 3 heterocycles. The molecule has 1 N–H and O–H groups in total. The second-order valence-electron chi connectivity index (χ2n) is 5.54. The second kappa shape index (κ2) is 4.66. The summed E-state index contributed by atoms with van der Waals surface area (Å²) in [5.41, 5.74) is 1.61. The maximum absolute atomic E-state index is 12.6. The molecule has 21 heavy (non-hydrogen) atoms. The van der Waals surface area contributed by atoms with Crippen molar-refractivity contribution in [1.82, 2.24) is 4.98 Å². The Kier molecular flexibility index (Phi) is 3.06. The Labute approximate surface area is 125 Å². The van der Waals surface area contributed by atoms with E-state index in [1.54, 1.807) is 16.2 Å². The summed E-state index contributed by atoms with van der Waals surface area (Å²) in [6.07, 6.45) is 1.31. The number of thiophene rings is 1. The summed E-state index contributed by atoms with van der Waals surface area (Å²) in [5, 5.41) is 13.0. The summed E-state index contributed by atoms with van der Waals surface area (Å²) >= 11 is 1.57. The van der Waals surface area contributed by atoms with Crippen LogP contribution in [0, 0.1) is 0 Å². The highest BCUT2D eigenvalue weighted by Gasteiger charge is 2.45. The van der Waals surface area contributed by atoms with E-state index in [1.165, 1.54) is 12.3 Å². The molecule has 108 valence electrons. The van der Waals surface area contributed by atoms with Crippen LogP contribution in [-0.4, -0.2) is 22.0 Å². The first-order chi connectivity index (χ1) is 9.91. The molecule has 3 rings (SSSR count). The Morgan fingerprint density at radius 2 is 2.24 bits per heavy atom. The minimum absolute atomic E-state index is 0.0567. The topological polar surface area (TPSA) is 70.5 Å². The molecule has 0 saturated heterocycles. The number of carboxylic acid groups (broad SMARTS) is 1. The van der Waals surface area contributed by atoms with E-state index in [4.69, 9.17) is 5.11 Å². The maximum atomic E-state index is 12.6. The highest BCUT2D eigenvalue weighted by Crippen LogP contribution is 2.41. The van der Waals surface area contributed by atoms with E-state index in [2.05, 4.69) is 4.98 Å². The predicted octanol–water partition coefficient (Wildman–Crippen LogP) is 2.67. The molecule has 0 saturated carbocycles. The Morgan fingerprint density at radius 1 is 1.48 bits per heavy atom. The number of hydrogen-bond donors (Lipinski definition) is 1. The van der Waals surface area contributed by atoms with Crippen LogP contribution in [0.4, 0.5) is 5.69 Å². The number of aromatic nitrogens is 1. The molecule has 0 radical (unpaired) electrons. The normalized spacial score (nSPS) is 16.1. The van der Waals surface area contributed by atoms with Crippen molar-refractivity contribution >= 4 is 28.9 Å². The van der Waals surface area contributed by atoms with Gasteiger partial charge in [0.25, 0.3) is 0 Å². The molecule has 0 unspecified atom stereocenters. The molecule has 0 aliphatic carbocycles. The molecule has 5 nitrogen and oxygen atoms in total. The van der Waals surface area contributed by atoms with E-state index >= 15 is 0 Å². The summed E-state index contributed by atoms with van der Waals surface area (Å²) in [7, 11) is 0. The van der Waals surface area contributed by atoms with E-state index in [-0.39, 0.29) is 11.5 Å². The summed E-state index contributed by atoms with van der Waals surface area (Å²) in [4.78, 5) is 29.6. The largest absolute Gasteiger partial charge is 0.478 e. The van der Waals surface area contributed by atoms with E-state index in [9.17, 15) is 9.59 Å². The van der Waals surface area contributed by atoms with Gasteiger partial charge in [0, 0.05) is 6.20 Å². The van der Waals surface area contributed by atoms with Crippen LogP contribution in [0.2, 0.25) is 0 Å². The van der Waals surface area contributed by atoms with Crippen molar-refractivity contribution in [3.05, 3.63) is 45.9 Å². The SMILES string of the molecule is CC1(C)C(=O)N(Cc2ccsc2)c2cc(C(=O)O)cnc21. The molecular weight excluding hydrogens is 288 g/mol. The predicted molar refractivity (Wildman–Crippen MR) is 79.7 cm³/mol. The Hall–Kier alpha value is -2.21. The number of fused-ring (bicyclic) bond motifs is 1. The molecule has 1 amide bonds. The zero-order valence-corrected chi connectivity index (χ0v) is 12.5. The highest BCUT2D eigenvalue weighted by molar-refractivity contribution is 7.07. The second-order valence-corrected chi connectivity index (χ2v) is 6.32. The van der Waals surface area contributed by atoms with Crippen LogP contribution in [0.5, 0.6) is 0 Å². The van der Waals surface area contributed by atoms with Gasteiger partial charge in [-0.15, -0.1) is 0 Å². The van der Waals surface area contributed by atoms with Crippen LogP contribution in [0.25, 0.3) is 0 Å². The molecule has 6 heteroatoms. The molecule has 0 bridgehead atoms. The number of pyridine rings is 1. The van der Waals surface area contributed by atoms with E-state index in [1.807, 2.05) is 30.7 Å². The summed E-state index contributed by atoms with van der Waals surface area (Å²) in [5.74, 6) is -1.10. The van der Waals surface area contributed by atoms with Gasteiger partial charge < -0.3 is 10.0 Å². The van der Waals surface area contributed by atoms with Crippen molar-refractivity contribution in [2.75, 3.05) is 4.90 Å². The average molecular weight is 302 g/mol. The molecular formula is C15H14N2O3S. The smallest absolute Gasteiger partial charge is 0.337 e. The van der Waals surface area contributed by atoms with Gasteiger partial charge in [-0.1, -0.05) is 0 Å². The highest BCUT2D eigenvalue weighted by atomic mass is 32.1. The van der Waals surface area contributed by atoms with Gasteiger partial charge in [-0.05, 0) is 42.3 Å². The monoisotopic (exact) mass is 302 g/mol. The van der Waals surface area contributed by atoms with Crippen molar-refractivity contribution < 1.29 is 14.7 Å². The lowest BCUT2D eigenvalue weighted by Gasteiger charge is -2.19. The number of anilines is 1. The first-order valence-electron chi connectivity index (χ1n) is 6.48. The van der Waals surface area contributed by atoms with Gasteiger partial charge in [-0.3, -0.25) is 9.78 Å². The molecule has 0 spiro atoms. The fraction of sp³-hybridized carbons (Fsp3) is 0.267. The van der Waals surface area contributed by atoms with Gasteiger partial charge in [-0.2, -0.15) is 11.3 Å². The standard InChI is InChI=1S/C15H14N2O3S/c1-15(2)12-11(5-10(6-16-12)13(18)19)17(14(15)20)7-9-3-4-21-8-9/h3-6,8H,7H2,1-2H3,(H,18,19). The number of carboxylic acids is 1. The van der Waals surface area contributed by atoms with Crippen LogP contribution < -0.4 is 4.90 Å². The summed E-state index contributed by atoms with van der Waals surface area (Å²) < 4.78 is 0. The first-order valence-corrected chi connectivity index (χ1v) is 7.42. The van der Waals surface area contributed by atoms with Crippen molar-refractivity contribution in [3.63, 3.8) is 0 Å². The van der Waals surface area contributed by atoms with Crippen LogP contribution >= 0.6 is 11.3 Å². The Bertz CT molecular complexity index is 723. The fourth-order valence-corrected chi connectivity index (χ4v) is 3.19. The maximum Gasteiger partial charge on any atom is 0.337 e. The van der Waals surface area contributed by atoms with Crippen LogP contribution in [-0.2, 0) is 16.8 Å². The molecule has 1 aliphatic heterocycles. The molecule has 2 aromatic heterocycles. The zero-order valence-electron chi connectivity index (χ0n) is 11.7. The third-order valence-electron chi connectivity index (χ3n) is 3.70. The van der Waals surface area contributed by atoms with Gasteiger partial charge in [0.15, 0.2) is 0 Å². The number of aromatic carboxylic acids is 1.